The number of rotatable bonds is 3. The lowest BCUT2D eigenvalue weighted by Crippen LogP contribution is -1.97. The largest absolute Gasteiger partial charge is 0.495 e. The summed E-state index contributed by atoms with van der Waals surface area (Å²) in [6.07, 6.45) is 0. The highest BCUT2D eigenvalue weighted by Gasteiger charge is 2.19. The third-order valence-electron chi connectivity index (χ3n) is 2.78. The van der Waals surface area contributed by atoms with E-state index >= 15 is 0 Å². The standard InChI is InChI=1S/C14H9Cl5O/c1-20-13-6-11(17)9(5-12(13)18)14(19)8-4-7(15)2-3-10(8)16/h2-6,14H,1H3. The van der Waals surface area contributed by atoms with Crippen molar-refractivity contribution in [1.82, 2.24) is 0 Å². The van der Waals surface area contributed by atoms with Crippen molar-refractivity contribution < 1.29 is 4.74 Å². The Morgan fingerprint density at radius 3 is 2.15 bits per heavy atom. The molecular formula is C14H9Cl5O. The first-order valence-electron chi connectivity index (χ1n) is 5.56. The summed E-state index contributed by atoms with van der Waals surface area (Å²) in [7, 11) is 1.52. The van der Waals surface area contributed by atoms with Crippen molar-refractivity contribution in [3.63, 3.8) is 0 Å². The predicted octanol–water partition coefficient (Wildman–Crippen LogP) is 6.64. The van der Waals surface area contributed by atoms with Crippen LogP contribution in [0, 0.1) is 0 Å². The third kappa shape index (κ3) is 3.29. The van der Waals surface area contributed by atoms with Crippen LogP contribution in [-0.4, -0.2) is 7.11 Å². The Labute approximate surface area is 142 Å². The molecule has 1 nitrogen and oxygen atoms in total. The zero-order valence-corrected chi connectivity index (χ0v) is 14.0. The Morgan fingerprint density at radius 1 is 0.850 bits per heavy atom. The first-order chi connectivity index (χ1) is 9.43. The highest BCUT2D eigenvalue weighted by atomic mass is 35.5. The molecule has 1 unspecified atom stereocenters. The molecule has 1 atom stereocenters. The summed E-state index contributed by atoms with van der Waals surface area (Å²) in [6.45, 7) is 0. The molecule has 6 heteroatoms. The van der Waals surface area contributed by atoms with Crippen LogP contribution < -0.4 is 4.74 Å². The van der Waals surface area contributed by atoms with Crippen LogP contribution in [0.15, 0.2) is 30.3 Å². The van der Waals surface area contributed by atoms with E-state index in [0.29, 0.717) is 37.0 Å². The first-order valence-corrected chi connectivity index (χ1v) is 7.50. The molecule has 0 aliphatic rings. The number of hydrogen-bond acceptors (Lipinski definition) is 1. The summed E-state index contributed by atoms with van der Waals surface area (Å²) < 4.78 is 5.10. The molecular weight excluding hydrogens is 361 g/mol. The van der Waals surface area contributed by atoms with Crippen molar-refractivity contribution in [3.05, 3.63) is 61.5 Å². The average Bonchev–Trinajstić information content (AvgIpc) is 2.42. The zero-order valence-electron chi connectivity index (χ0n) is 10.3. The Bertz CT molecular complexity index is 642. The minimum Gasteiger partial charge on any atom is -0.495 e. The molecule has 0 heterocycles. The first kappa shape index (κ1) is 16.1. The lowest BCUT2D eigenvalue weighted by molar-refractivity contribution is 0.415. The van der Waals surface area contributed by atoms with E-state index in [1.54, 1.807) is 30.3 Å². The SMILES string of the molecule is COc1cc(Cl)c(C(Cl)c2cc(Cl)ccc2Cl)cc1Cl. The second kappa shape index (κ2) is 6.64. The van der Waals surface area contributed by atoms with E-state index in [4.69, 9.17) is 62.7 Å². The molecule has 2 aromatic carbocycles. The molecule has 0 aliphatic heterocycles. The van der Waals surface area contributed by atoms with Crippen molar-refractivity contribution in [2.75, 3.05) is 7.11 Å². The molecule has 0 radical (unpaired) electrons. The maximum Gasteiger partial charge on any atom is 0.138 e. The minimum atomic E-state index is -0.558. The number of ether oxygens (including phenoxy) is 1. The predicted molar refractivity (Wildman–Crippen MR) is 87.2 cm³/mol. The summed E-state index contributed by atoms with van der Waals surface area (Å²) >= 11 is 30.9. The molecule has 0 aliphatic carbocycles. The van der Waals surface area contributed by atoms with Crippen LogP contribution in [0.3, 0.4) is 0 Å². The Balaban J connectivity index is 2.50. The third-order valence-corrected chi connectivity index (χ3v) is 4.45. The van der Waals surface area contributed by atoms with Gasteiger partial charge in [0.2, 0.25) is 0 Å². The van der Waals surface area contributed by atoms with Gasteiger partial charge in [-0.1, -0.05) is 46.4 Å². The van der Waals surface area contributed by atoms with Crippen molar-refractivity contribution in [1.29, 1.82) is 0 Å². The molecule has 0 fully saturated rings. The van der Waals surface area contributed by atoms with Gasteiger partial charge in [-0.25, -0.2) is 0 Å². The van der Waals surface area contributed by atoms with Gasteiger partial charge >= 0.3 is 0 Å². The molecule has 0 spiro atoms. The summed E-state index contributed by atoms with van der Waals surface area (Å²) in [5.74, 6) is 0.487. The topological polar surface area (TPSA) is 9.23 Å². The van der Waals surface area contributed by atoms with E-state index in [2.05, 4.69) is 0 Å². The molecule has 106 valence electrons. The summed E-state index contributed by atoms with van der Waals surface area (Å²) in [5, 5.41) is 1.37. The van der Waals surface area contributed by atoms with E-state index < -0.39 is 5.38 Å². The lowest BCUT2D eigenvalue weighted by Gasteiger charge is -2.16. The van der Waals surface area contributed by atoms with Crippen LogP contribution in [-0.2, 0) is 0 Å². The highest BCUT2D eigenvalue weighted by Crippen LogP contribution is 2.41. The second-order valence-corrected chi connectivity index (χ2v) is 6.13. The van der Waals surface area contributed by atoms with Crippen LogP contribution in [0.2, 0.25) is 20.1 Å². The van der Waals surface area contributed by atoms with Crippen LogP contribution in [0.4, 0.5) is 0 Å². The summed E-state index contributed by atoms with van der Waals surface area (Å²) in [4.78, 5) is 0. The molecule has 2 aromatic rings. The molecule has 0 bridgehead atoms. The fraction of sp³-hybridized carbons (Fsp3) is 0.143. The fourth-order valence-corrected chi connectivity index (χ4v) is 3.16. The van der Waals surface area contributed by atoms with Gasteiger partial charge in [0.1, 0.15) is 5.75 Å². The Hall–Kier alpha value is -0.310. The van der Waals surface area contributed by atoms with E-state index in [1.807, 2.05) is 0 Å². The molecule has 0 N–H and O–H groups in total. The van der Waals surface area contributed by atoms with Gasteiger partial charge in [-0.15, -0.1) is 11.6 Å². The van der Waals surface area contributed by atoms with E-state index in [1.165, 1.54) is 7.11 Å². The van der Waals surface area contributed by atoms with E-state index in [0.717, 1.165) is 0 Å². The van der Waals surface area contributed by atoms with Gasteiger partial charge in [0.05, 0.1) is 17.5 Å². The zero-order chi connectivity index (χ0) is 14.9. The minimum absolute atomic E-state index is 0.427. The summed E-state index contributed by atoms with van der Waals surface area (Å²) in [6, 6.07) is 8.37. The molecule has 0 aromatic heterocycles. The van der Waals surface area contributed by atoms with E-state index in [9.17, 15) is 0 Å². The van der Waals surface area contributed by atoms with Crippen molar-refractivity contribution in [2.45, 2.75) is 5.38 Å². The van der Waals surface area contributed by atoms with Gasteiger partial charge in [0.15, 0.2) is 0 Å². The van der Waals surface area contributed by atoms with Crippen molar-refractivity contribution in [2.24, 2.45) is 0 Å². The second-order valence-electron chi connectivity index (χ2n) is 4.04. The van der Waals surface area contributed by atoms with Crippen LogP contribution in [0.5, 0.6) is 5.75 Å². The fourth-order valence-electron chi connectivity index (χ4n) is 1.77. The van der Waals surface area contributed by atoms with Crippen LogP contribution in [0.1, 0.15) is 16.5 Å². The molecule has 0 amide bonds. The van der Waals surface area contributed by atoms with Gasteiger partial charge in [0, 0.05) is 21.1 Å². The molecule has 2 rings (SSSR count). The lowest BCUT2D eigenvalue weighted by atomic mass is 10.0. The Morgan fingerprint density at radius 2 is 1.50 bits per heavy atom. The number of methoxy groups -OCH3 is 1. The monoisotopic (exact) mass is 368 g/mol. The van der Waals surface area contributed by atoms with Crippen LogP contribution in [0.25, 0.3) is 0 Å². The molecule has 0 saturated heterocycles. The van der Waals surface area contributed by atoms with Gasteiger partial charge in [-0.2, -0.15) is 0 Å². The average molecular weight is 370 g/mol. The van der Waals surface area contributed by atoms with Gasteiger partial charge < -0.3 is 4.74 Å². The number of halogens is 5. The van der Waals surface area contributed by atoms with E-state index in [-0.39, 0.29) is 0 Å². The maximum absolute atomic E-state index is 6.45. The van der Waals surface area contributed by atoms with Crippen LogP contribution >= 0.6 is 58.0 Å². The quantitative estimate of drug-likeness (QED) is 0.551. The normalized spacial score (nSPS) is 12.3. The van der Waals surface area contributed by atoms with Crippen molar-refractivity contribution >= 4 is 58.0 Å². The highest BCUT2D eigenvalue weighted by molar-refractivity contribution is 6.37. The Kier molecular flexibility index (Phi) is 5.33. The molecule has 0 saturated carbocycles. The number of benzene rings is 2. The number of alkyl halides is 1. The number of hydrogen-bond donors (Lipinski definition) is 0. The smallest absolute Gasteiger partial charge is 0.138 e. The van der Waals surface area contributed by atoms with Crippen molar-refractivity contribution in [3.8, 4) is 5.75 Å². The van der Waals surface area contributed by atoms with Gasteiger partial charge in [0.25, 0.3) is 0 Å². The molecule has 20 heavy (non-hydrogen) atoms. The van der Waals surface area contributed by atoms with Gasteiger partial charge in [-0.05, 0) is 35.4 Å². The summed E-state index contributed by atoms with van der Waals surface area (Å²) in [5.41, 5.74) is 1.31. The maximum atomic E-state index is 6.45. The van der Waals surface area contributed by atoms with Gasteiger partial charge in [-0.3, -0.25) is 0 Å².